The first-order valence-electron chi connectivity index (χ1n) is 32.2. The second-order valence-corrected chi connectivity index (χ2v) is 21.8. The van der Waals surface area contributed by atoms with Crippen molar-refractivity contribution in [2.75, 3.05) is 13.2 Å². The van der Waals surface area contributed by atoms with E-state index in [-0.39, 0.29) is 19.4 Å². The van der Waals surface area contributed by atoms with E-state index in [0.29, 0.717) is 12.8 Å². The van der Waals surface area contributed by atoms with Crippen molar-refractivity contribution in [2.24, 2.45) is 0 Å². The van der Waals surface area contributed by atoms with Crippen molar-refractivity contribution in [2.45, 2.75) is 301 Å². The molecule has 0 aliphatic carbocycles. The number of rotatable bonds is 53. The van der Waals surface area contributed by atoms with Crippen molar-refractivity contribution < 1.29 is 49.3 Å². The Morgan fingerprint density at radius 3 is 1.49 bits per heavy atom. The van der Waals surface area contributed by atoms with E-state index in [1.54, 1.807) is 6.08 Å². The fourth-order valence-electron chi connectivity index (χ4n) is 9.44. The molecule has 1 saturated heterocycles. The summed E-state index contributed by atoms with van der Waals surface area (Å²) >= 11 is 0. The van der Waals surface area contributed by atoms with E-state index in [4.69, 9.17) is 14.2 Å². The first-order valence-corrected chi connectivity index (χ1v) is 32.2. The first kappa shape index (κ1) is 74.3. The Hall–Kier alpha value is -3.68. The molecule has 0 bridgehead atoms. The molecule has 1 fully saturated rings. The third-order valence-electron chi connectivity index (χ3n) is 14.5. The van der Waals surface area contributed by atoms with Crippen LogP contribution >= 0.6 is 0 Å². The molecule has 0 saturated carbocycles. The van der Waals surface area contributed by atoms with Crippen LogP contribution < -0.4 is 5.32 Å². The van der Waals surface area contributed by atoms with Crippen molar-refractivity contribution in [1.29, 1.82) is 0 Å². The van der Waals surface area contributed by atoms with Crippen LogP contribution in [0.25, 0.3) is 0 Å². The van der Waals surface area contributed by atoms with Gasteiger partial charge >= 0.3 is 5.97 Å². The minimum atomic E-state index is -1.63. The Morgan fingerprint density at radius 2 is 0.963 bits per heavy atom. The van der Waals surface area contributed by atoms with Gasteiger partial charge in [0.15, 0.2) is 12.4 Å². The Morgan fingerprint density at radius 1 is 0.512 bits per heavy atom. The number of hydrogen-bond donors (Lipinski definition) is 6. The SMILES string of the molecule is CC/C=C\C/C=C\C/C=C\C/C=C\C/C=C\CCCCCCCCCCCC(=O)OC1C(OCC(NC(=O)C(O)CCCCCCCC/C=C/C=C/C=C/CC)C(O)/C=C/CCCCCCCCCCCC)OC(CO)C(O)C1O. The highest BCUT2D eigenvalue weighted by molar-refractivity contribution is 5.80. The number of allylic oxidation sites excluding steroid dienone is 17. The van der Waals surface area contributed by atoms with Gasteiger partial charge in [-0.15, -0.1) is 0 Å². The van der Waals surface area contributed by atoms with Crippen LogP contribution in [0.5, 0.6) is 0 Å². The van der Waals surface area contributed by atoms with Crippen molar-refractivity contribution in [1.82, 2.24) is 5.32 Å². The number of carbonyl (C=O) groups is 2. The van der Waals surface area contributed by atoms with Gasteiger partial charge in [0.2, 0.25) is 5.91 Å². The van der Waals surface area contributed by atoms with Crippen LogP contribution in [0.3, 0.4) is 0 Å². The summed E-state index contributed by atoms with van der Waals surface area (Å²) in [4.78, 5) is 26.6. The average molecular weight is 1120 g/mol. The Kier molecular flexibility index (Phi) is 51.9. The fourth-order valence-corrected chi connectivity index (χ4v) is 9.44. The maximum Gasteiger partial charge on any atom is 0.306 e. The molecule has 1 aliphatic rings. The van der Waals surface area contributed by atoms with E-state index in [0.717, 1.165) is 128 Å². The van der Waals surface area contributed by atoms with Crippen molar-refractivity contribution in [3.8, 4) is 0 Å². The number of aliphatic hydroxyl groups excluding tert-OH is 5. The lowest BCUT2D eigenvalue weighted by Crippen LogP contribution is -2.61. The minimum Gasteiger partial charge on any atom is -0.454 e. The topological polar surface area (TPSA) is 175 Å². The lowest BCUT2D eigenvalue weighted by molar-refractivity contribution is -0.305. The van der Waals surface area contributed by atoms with Gasteiger partial charge in [0.05, 0.1) is 25.4 Å². The molecule has 80 heavy (non-hydrogen) atoms. The molecule has 8 unspecified atom stereocenters. The predicted octanol–water partition coefficient (Wildman–Crippen LogP) is 15.7. The number of nitrogens with one attached hydrogen (secondary N) is 1. The second kappa shape index (κ2) is 55.8. The van der Waals surface area contributed by atoms with Gasteiger partial charge in [0.25, 0.3) is 0 Å². The zero-order valence-electron chi connectivity index (χ0n) is 50.7. The van der Waals surface area contributed by atoms with E-state index in [1.807, 2.05) is 18.2 Å². The van der Waals surface area contributed by atoms with Crippen LogP contribution in [0.2, 0.25) is 0 Å². The number of esters is 1. The van der Waals surface area contributed by atoms with Crippen LogP contribution in [0, 0.1) is 0 Å². The van der Waals surface area contributed by atoms with Crippen LogP contribution in [0.4, 0.5) is 0 Å². The Bertz CT molecular complexity index is 1710. The zero-order chi connectivity index (χ0) is 58.2. The summed E-state index contributed by atoms with van der Waals surface area (Å²) in [5.74, 6) is -1.22. The largest absolute Gasteiger partial charge is 0.454 e. The van der Waals surface area contributed by atoms with Gasteiger partial charge in [0.1, 0.15) is 24.4 Å². The molecule has 0 aromatic carbocycles. The molecule has 0 aromatic heterocycles. The van der Waals surface area contributed by atoms with Crippen LogP contribution in [-0.4, -0.2) is 99.6 Å². The molecule has 458 valence electrons. The highest BCUT2D eigenvalue weighted by atomic mass is 16.7. The van der Waals surface area contributed by atoms with Crippen molar-refractivity contribution in [3.05, 3.63) is 109 Å². The summed E-state index contributed by atoms with van der Waals surface area (Å²) in [6.45, 7) is 5.53. The molecule has 1 aliphatic heterocycles. The minimum absolute atomic E-state index is 0.109. The second-order valence-electron chi connectivity index (χ2n) is 21.8. The summed E-state index contributed by atoms with van der Waals surface area (Å²) in [5.41, 5.74) is 0. The number of amides is 1. The molecule has 1 heterocycles. The van der Waals surface area contributed by atoms with Crippen molar-refractivity contribution >= 4 is 11.9 Å². The Labute approximate surface area is 488 Å². The number of hydrogen-bond acceptors (Lipinski definition) is 10. The molecule has 1 amide bonds. The highest BCUT2D eigenvalue weighted by Gasteiger charge is 2.47. The maximum atomic E-state index is 13.4. The first-order chi connectivity index (χ1) is 39.2. The predicted molar refractivity (Wildman–Crippen MR) is 333 cm³/mol. The van der Waals surface area contributed by atoms with Gasteiger partial charge in [-0.05, 0) is 89.9 Å². The van der Waals surface area contributed by atoms with Crippen LogP contribution in [-0.2, 0) is 23.8 Å². The lowest BCUT2D eigenvalue weighted by atomic mass is 9.99. The molecule has 11 nitrogen and oxygen atoms in total. The summed E-state index contributed by atoms with van der Waals surface area (Å²) in [5, 5.41) is 57.0. The van der Waals surface area contributed by atoms with Gasteiger partial charge in [-0.3, -0.25) is 9.59 Å². The Balaban J connectivity index is 2.62. The van der Waals surface area contributed by atoms with E-state index < -0.39 is 67.4 Å². The highest BCUT2D eigenvalue weighted by Crippen LogP contribution is 2.26. The van der Waals surface area contributed by atoms with E-state index >= 15 is 0 Å². The molecule has 8 atom stereocenters. The molecule has 0 radical (unpaired) electrons. The maximum absolute atomic E-state index is 13.4. The summed E-state index contributed by atoms with van der Waals surface area (Å²) < 4.78 is 17.6. The third-order valence-corrected chi connectivity index (χ3v) is 14.5. The van der Waals surface area contributed by atoms with Gasteiger partial charge in [-0.25, -0.2) is 0 Å². The lowest BCUT2D eigenvalue weighted by Gasteiger charge is -2.41. The van der Waals surface area contributed by atoms with Gasteiger partial charge in [-0.1, -0.05) is 265 Å². The van der Waals surface area contributed by atoms with Gasteiger partial charge in [0, 0.05) is 6.42 Å². The van der Waals surface area contributed by atoms with Crippen LogP contribution in [0.15, 0.2) is 109 Å². The quantitative estimate of drug-likeness (QED) is 0.0149. The summed E-state index contributed by atoms with van der Waals surface area (Å²) in [6, 6.07) is -1.04. The molecule has 6 N–H and O–H groups in total. The molecule has 1 rings (SSSR count). The molecular formula is C69H117NO10. The van der Waals surface area contributed by atoms with E-state index in [9.17, 15) is 35.1 Å². The molecular weight excluding hydrogens is 1000 g/mol. The van der Waals surface area contributed by atoms with E-state index in [1.165, 1.54) is 77.0 Å². The monoisotopic (exact) mass is 1120 g/mol. The molecule has 0 spiro atoms. The molecule has 11 heteroatoms. The van der Waals surface area contributed by atoms with Crippen LogP contribution in [0.1, 0.15) is 252 Å². The fraction of sp³-hybridized carbons (Fsp3) is 0.710. The standard InChI is InChI=1S/C69H117NO10/c1-4-7-10-13-16-19-22-25-27-28-29-30-31-32-33-34-35-36-37-39-42-45-48-51-54-57-64(74)80-67-66(76)65(75)63(58-71)79-69(67)78-59-60(61(72)55-52-49-46-43-40-24-21-18-15-12-9-6-3)70-68(77)62(73)56-53-50-47-44-41-38-26-23-20-17-14-11-8-5-2/h7-8,10-11,14,16-17,19-20,23,25,27,29-30,32-33,52,55,60-63,65-67,69,71-73,75-76H,4-6,9,12-13,15,18,21-22,24,26,28,31,34-51,53-54,56-59H2,1-3H3,(H,70,77)/b10-7-,11-8+,17-14+,19-16-,23-20+,27-25-,30-29-,33-32-,55-52+. The van der Waals surface area contributed by atoms with Crippen molar-refractivity contribution in [3.63, 3.8) is 0 Å². The third kappa shape index (κ3) is 43.1. The number of ether oxygens (including phenoxy) is 3. The summed E-state index contributed by atoms with van der Waals surface area (Å²) in [6.07, 6.45) is 65.5. The van der Waals surface area contributed by atoms with E-state index in [2.05, 4.69) is 111 Å². The van der Waals surface area contributed by atoms with Gasteiger partial charge < -0.3 is 45.1 Å². The molecule has 0 aromatic rings. The normalized spacial score (nSPS) is 19.5. The zero-order valence-corrected chi connectivity index (χ0v) is 50.7. The number of aliphatic hydroxyl groups is 5. The average Bonchev–Trinajstić information content (AvgIpc) is 3.46. The summed E-state index contributed by atoms with van der Waals surface area (Å²) in [7, 11) is 0. The smallest absolute Gasteiger partial charge is 0.306 e. The number of unbranched alkanes of at least 4 members (excludes halogenated alkanes) is 25. The number of carbonyl (C=O) groups excluding carboxylic acids is 2. The van der Waals surface area contributed by atoms with Gasteiger partial charge in [-0.2, -0.15) is 0 Å².